The Hall–Kier alpha value is -1.09. The minimum absolute atomic E-state index is 0.228. The van der Waals surface area contributed by atoms with Gasteiger partial charge in [-0.1, -0.05) is 17.7 Å². The van der Waals surface area contributed by atoms with Crippen molar-refractivity contribution in [2.45, 2.75) is 58.5 Å². The normalized spacial score (nSPS) is 22.2. The number of carbonyl (C=O) groups excluding carboxylic acids is 1. The topological polar surface area (TPSA) is 46.5 Å². The summed E-state index contributed by atoms with van der Waals surface area (Å²) in [4.78, 5) is 11.4. The maximum Gasteiger partial charge on any atom is 0.333 e. The van der Waals surface area contributed by atoms with Crippen molar-refractivity contribution < 1.29 is 14.6 Å². The van der Waals surface area contributed by atoms with Gasteiger partial charge in [-0.2, -0.15) is 0 Å². The molecule has 0 spiro atoms. The summed E-state index contributed by atoms with van der Waals surface area (Å²) >= 11 is 0. The lowest BCUT2D eigenvalue weighted by Crippen LogP contribution is -2.35. The van der Waals surface area contributed by atoms with Gasteiger partial charge in [0, 0.05) is 5.57 Å². The molecule has 0 radical (unpaired) electrons. The average Bonchev–Trinajstić information content (AvgIpc) is 2.37. The maximum absolute atomic E-state index is 11.4. The van der Waals surface area contributed by atoms with Gasteiger partial charge in [0.15, 0.2) is 0 Å². The molecule has 108 valence electrons. The van der Waals surface area contributed by atoms with E-state index < -0.39 is 5.60 Å². The van der Waals surface area contributed by atoms with Gasteiger partial charge in [0.25, 0.3) is 0 Å². The Labute approximate surface area is 116 Å². The van der Waals surface area contributed by atoms with Crippen molar-refractivity contribution in [3.63, 3.8) is 0 Å². The highest BCUT2D eigenvalue weighted by molar-refractivity contribution is 5.88. The van der Waals surface area contributed by atoms with Crippen molar-refractivity contribution in [2.24, 2.45) is 5.92 Å². The second kappa shape index (κ2) is 6.90. The Bertz CT molecular complexity index is 373. The average molecular weight is 266 g/mol. The molecule has 0 saturated heterocycles. The third-order valence-corrected chi connectivity index (χ3v) is 3.94. The van der Waals surface area contributed by atoms with Crippen LogP contribution in [0, 0.1) is 5.92 Å². The summed E-state index contributed by atoms with van der Waals surface area (Å²) in [6.45, 7) is 6.05. The molecule has 3 heteroatoms. The number of carbonyl (C=O) groups is 1. The summed E-state index contributed by atoms with van der Waals surface area (Å²) in [5, 5.41) is 10.6. The minimum Gasteiger partial charge on any atom is -0.466 e. The van der Waals surface area contributed by atoms with Crippen molar-refractivity contribution in [2.75, 3.05) is 7.11 Å². The van der Waals surface area contributed by atoms with E-state index in [1.54, 1.807) is 0 Å². The first kappa shape index (κ1) is 16.0. The molecule has 3 nitrogen and oxygen atoms in total. The fourth-order valence-electron chi connectivity index (χ4n) is 2.57. The van der Waals surface area contributed by atoms with Gasteiger partial charge in [0.2, 0.25) is 0 Å². The van der Waals surface area contributed by atoms with E-state index in [1.165, 1.54) is 12.7 Å². The summed E-state index contributed by atoms with van der Waals surface area (Å²) in [5.74, 6) is -0.00546. The van der Waals surface area contributed by atoms with Crippen LogP contribution in [0.4, 0.5) is 0 Å². The van der Waals surface area contributed by atoms with Gasteiger partial charge in [0.1, 0.15) is 0 Å². The molecule has 0 saturated carbocycles. The van der Waals surface area contributed by atoms with E-state index >= 15 is 0 Å². The lowest BCUT2D eigenvalue weighted by atomic mass is 9.76. The molecule has 0 amide bonds. The van der Waals surface area contributed by atoms with E-state index in [-0.39, 0.29) is 11.9 Å². The predicted octanol–water partition coefficient (Wildman–Crippen LogP) is 3.38. The van der Waals surface area contributed by atoms with E-state index in [2.05, 4.69) is 19.9 Å². The summed E-state index contributed by atoms with van der Waals surface area (Å²) in [5.41, 5.74) is 1.37. The molecule has 2 unspecified atom stereocenters. The van der Waals surface area contributed by atoms with Crippen LogP contribution >= 0.6 is 0 Å². The monoisotopic (exact) mass is 266 g/mol. The van der Waals surface area contributed by atoms with Gasteiger partial charge in [0.05, 0.1) is 12.7 Å². The molecule has 19 heavy (non-hydrogen) atoms. The van der Waals surface area contributed by atoms with Crippen molar-refractivity contribution in [3.05, 3.63) is 23.3 Å². The molecular weight excluding hydrogens is 240 g/mol. The largest absolute Gasteiger partial charge is 0.466 e. The van der Waals surface area contributed by atoms with Gasteiger partial charge >= 0.3 is 5.97 Å². The molecule has 0 aromatic rings. The Kier molecular flexibility index (Phi) is 5.80. The maximum atomic E-state index is 11.4. The molecule has 2 atom stereocenters. The first-order valence-electron chi connectivity index (χ1n) is 7.00. The van der Waals surface area contributed by atoms with Crippen molar-refractivity contribution in [1.82, 2.24) is 0 Å². The quantitative estimate of drug-likeness (QED) is 0.613. The SMILES string of the molecule is COC(=O)C1=CCC(C(C)(O)CCC=C(C)C)CC1. The summed E-state index contributed by atoms with van der Waals surface area (Å²) in [7, 11) is 1.41. The van der Waals surface area contributed by atoms with E-state index in [9.17, 15) is 9.90 Å². The van der Waals surface area contributed by atoms with Crippen molar-refractivity contribution in [1.29, 1.82) is 0 Å². The Morgan fingerprint density at radius 2 is 2.26 bits per heavy atom. The summed E-state index contributed by atoms with van der Waals surface area (Å²) < 4.78 is 4.72. The Morgan fingerprint density at radius 3 is 2.74 bits per heavy atom. The molecular formula is C16H26O3. The van der Waals surface area contributed by atoms with Crippen LogP contribution in [0.5, 0.6) is 0 Å². The number of hydrogen-bond acceptors (Lipinski definition) is 3. The number of aliphatic hydroxyl groups is 1. The van der Waals surface area contributed by atoms with E-state index in [1.807, 2.05) is 13.0 Å². The summed E-state index contributed by atoms with van der Waals surface area (Å²) in [6.07, 6.45) is 8.07. The lowest BCUT2D eigenvalue weighted by molar-refractivity contribution is -0.136. The van der Waals surface area contributed by atoms with Crippen LogP contribution in [0.2, 0.25) is 0 Å². The zero-order valence-corrected chi connectivity index (χ0v) is 12.5. The molecule has 0 fully saturated rings. The fourth-order valence-corrected chi connectivity index (χ4v) is 2.57. The predicted molar refractivity (Wildman–Crippen MR) is 76.7 cm³/mol. The number of rotatable bonds is 5. The smallest absolute Gasteiger partial charge is 0.333 e. The first-order chi connectivity index (χ1) is 8.86. The van der Waals surface area contributed by atoms with Crippen LogP contribution in [-0.4, -0.2) is 23.8 Å². The second-order valence-electron chi connectivity index (χ2n) is 5.87. The molecule has 0 heterocycles. The van der Waals surface area contributed by atoms with Gasteiger partial charge in [-0.3, -0.25) is 0 Å². The number of hydrogen-bond donors (Lipinski definition) is 1. The molecule has 0 aromatic heterocycles. The minimum atomic E-state index is -0.663. The van der Waals surface area contributed by atoms with E-state index in [0.717, 1.165) is 31.3 Å². The van der Waals surface area contributed by atoms with Gasteiger partial charge < -0.3 is 9.84 Å². The number of esters is 1. The zero-order valence-electron chi connectivity index (χ0n) is 12.5. The van der Waals surface area contributed by atoms with Crippen molar-refractivity contribution in [3.8, 4) is 0 Å². The van der Waals surface area contributed by atoms with E-state index in [0.29, 0.717) is 6.42 Å². The number of allylic oxidation sites excluding steroid dienone is 3. The zero-order chi connectivity index (χ0) is 14.5. The van der Waals surface area contributed by atoms with Crippen molar-refractivity contribution >= 4 is 5.97 Å². The third kappa shape index (κ3) is 4.83. The van der Waals surface area contributed by atoms with Gasteiger partial charge in [-0.05, 0) is 58.8 Å². The van der Waals surface area contributed by atoms with Crippen LogP contribution in [0.1, 0.15) is 52.9 Å². The van der Waals surface area contributed by atoms with Gasteiger partial charge in [-0.15, -0.1) is 0 Å². The molecule has 1 N–H and O–H groups in total. The van der Waals surface area contributed by atoms with Crippen LogP contribution in [0.25, 0.3) is 0 Å². The molecule has 0 bridgehead atoms. The highest BCUT2D eigenvalue weighted by Gasteiger charge is 2.33. The fraction of sp³-hybridized carbons (Fsp3) is 0.688. The Morgan fingerprint density at radius 1 is 1.58 bits per heavy atom. The lowest BCUT2D eigenvalue weighted by Gasteiger charge is -2.34. The van der Waals surface area contributed by atoms with Crippen LogP contribution < -0.4 is 0 Å². The first-order valence-corrected chi connectivity index (χ1v) is 7.00. The highest BCUT2D eigenvalue weighted by Crippen LogP contribution is 2.35. The highest BCUT2D eigenvalue weighted by atomic mass is 16.5. The molecule has 0 aliphatic heterocycles. The molecule has 1 aliphatic rings. The van der Waals surface area contributed by atoms with Crippen LogP contribution in [-0.2, 0) is 9.53 Å². The Balaban J connectivity index is 2.55. The van der Waals surface area contributed by atoms with E-state index in [4.69, 9.17) is 4.74 Å². The second-order valence-corrected chi connectivity index (χ2v) is 5.87. The molecule has 1 aliphatic carbocycles. The molecule has 1 rings (SSSR count). The molecule has 0 aromatic carbocycles. The number of methoxy groups -OCH3 is 1. The summed E-state index contributed by atoms with van der Waals surface area (Å²) in [6, 6.07) is 0. The van der Waals surface area contributed by atoms with Crippen LogP contribution in [0.15, 0.2) is 23.3 Å². The van der Waals surface area contributed by atoms with Gasteiger partial charge in [-0.25, -0.2) is 4.79 Å². The number of ether oxygens (including phenoxy) is 1. The standard InChI is InChI=1S/C16H26O3/c1-12(2)6-5-11-16(3,18)14-9-7-13(8-10-14)15(17)19-4/h6-7,14,18H,5,8-11H2,1-4H3. The van der Waals surface area contributed by atoms with Crippen LogP contribution in [0.3, 0.4) is 0 Å². The third-order valence-electron chi connectivity index (χ3n) is 3.94.